The van der Waals surface area contributed by atoms with Crippen LogP contribution >= 0.6 is 12.2 Å². The van der Waals surface area contributed by atoms with E-state index in [9.17, 15) is 13.2 Å². The van der Waals surface area contributed by atoms with E-state index in [0.717, 1.165) is 17.5 Å². The fourth-order valence-corrected chi connectivity index (χ4v) is 3.67. The lowest BCUT2D eigenvalue weighted by Gasteiger charge is -2.21. The quantitative estimate of drug-likeness (QED) is 0.545. The number of sulfone groups is 1. The number of rotatable bonds is 6. The highest BCUT2D eigenvalue weighted by Crippen LogP contribution is 2.22. The molecule has 6 nitrogen and oxygen atoms in total. The van der Waals surface area contributed by atoms with Crippen LogP contribution in [0.1, 0.15) is 40.9 Å². The highest BCUT2D eigenvalue weighted by Gasteiger charge is 2.15. The zero-order valence-corrected chi connectivity index (χ0v) is 17.9. The maximum atomic E-state index is 11.8. The third-order valence-corrected chi connectivity index (χ3v) is 5.76. The summed E-state index contributed by atoms with van der Waals surface area (Å²) in [6.07, 6.45) is 1.93. The van der Waals surface area contributed by atoms with Crippen molar-refractivity contribution in [2.75, 3.05) is 18.7 Å². The number of hydrogen-bond donors (Lipinski definition) is 2. The fraction of sp³-hybridized carbons (Fsp3) is 0.300. The van der Waals surface area contributed by atoms with Gasteiger partial charge in [0.1, 0.15) is 0 Å². The predicted octanol–water partition coefficient (Wildman–Crippen LogP) is 3.62. The lowest BCUT2D eigenvalue weighted by atomic mass is 10.0. The van der Waals surface area contributed by atoms with E-state index in [1.807, 2.05) is 19.9 Å². The topological polar surface area (TPSA) is 84.5 Å². The minimum Gasteiger partial charge on any atom is -0.465 e. The van der Waals surface area contributed by atoms with Crippen molar-refractivity contribution in [1.29, 1.82) is 0 Å². The van der Waals surface area contributed by atoms with E-state index in [2.05, 4.69) is 10.6 Å². The summed E-state index contributed by atoms with van der Waals surface area (Å²) in [7, 11) is -1.89. The molecule has 0 saturated heterocycles. The number of carbonyl (C=O) groups excluding carboxylic acids is 1. The second-order valence-corrected chi connectivity index (χ2v) is 8.79. The van der Waals surface area contributed by atoms with E-state index in [0.29, 0.717) is 16.4 Å². The van der Waals surface area contributed by atoms with Crippen molar-refractivity contribution in [3.05, 3.63) is 59.2 Å². The number of nitrogens with one attached hydrogen (secondary N) is 2. The van der Waals surface area contributed by atoms with E-state index in [4.69, 9.17) is 17.0 Å². The van der Waals surface area contributed by atoms with Crippen molar-refractivity contribution in [3.8, 4) is 0 Å². The molecular weight excluding hydrogens is 396 g/mol. The molecule has 150 valence electrons. The Kier molecular flexibility index (Phi) is 7.15. The zero-order chi connectivity index (χ0) is 20.9. The second kappa shape index (κ2) is 9.16. The summed E-state index contributed by atoms with van der Waals surface area (Å²) in [4.78, 5) is 12.1. The summed E-state index contributed by atoms with van der Waals surface area (Å²) in [6.45, 7) is 3.83. The van der Waals surface area contributed by atoms with Gasteiger partial charge in [-0.1, -0.05) is 25.1 Å². The number of methoxy groups -OCH3 is 1. The first kappa shape index (κ1) is 21.8. The molecule has 0 unspecified atom stereocenters. The first-order valence-electron chi connectivity index (χ1n) is 8.72. The summed E-state index contributed by atoms with van der Waals surface area (Å²) >= 11 is 5.43. The van der Waals surface area contributed by atoms with Crippen LogP contribution in [0.4, 0.5) is 5.69 Å². The van der Waals surface area contributed by atoms with Crippen molar-refractivity contribution in [2.45, 2.75) is 31.2 Å². The van der Waals surface area contributed by atoms with Crippen molar-refractivity contribution in [1.82, 2.24) is 5.32 Å². The van der Waals surface area contributed by atoms with E-state index >= 15 is 0 Å². The molecule has 2 aromatic rings. The second-order valence-electron chi connectivity index (χ2n) is 6.37. The molecule has 8 heteroatoms. The van der Waals surface area contributed by atoms with Gasteiger partial charge in [0.2, 0.25) is 0 Å². The molecule has 2 rings (SSSR count). The van der Waals surface area contributed by atoms with Gasteiger partial charge < -0.3 is 15.4 Å². The highest BCUT2D eigenvalue weighted by molar-refractivity contribution is 7.90. The van der Waals surface area contributed by atoms with Gasteiger partial charge in [0, 0.05) is 11.9 Å². The monoisotopic (exact) mass is 420 g/mol. The van der Waals surface area contributed by atoms with E-state index < -0.39 is 15.8 Å². The van der Waals surface area contributed by atoms with Crippen LogP contribution in [0.15, 0.2) is 47.4 Å². The molecular formula is C20H24N2O4S2. The molecule has 2 aromatic carbocycles. The molecule has 2 N–H and O–H groups in total. The Balaban J connectivity index is 2.14. The van der Waals surface area contributed by atoms with Gasteiger partial charge >= 0.3 is 5.97 Å². The molecule has 0 aliphatic heterocycles. The largest absolute Gasteiger partial charge is 0.465 e. The first-order valence-corrected chi connectivity index (χ1v) is 11.0. The maximum Gasteiger partial charge on any atom is 0.338 e. The number of ether oxygens (including phenoxy) is 1. The van der Waals surface area contributed by atoms with Gasteiger partial charge in [-0.3, -0.25) is 0 Å². The van der Waals surface area contributed by atoms with Gasteiger partial charge in [-0.25, -0.2) is 13.2 Å². The average molecular weight is 421 g/mol. The van der Waals surface area contributed by atoms with Crippen LogP contribution in [0, 0.1) is 6.92 Å². The molecule has 0 aliphatic rings. The minimum absolute atomic E-state index is 0.0855. The zero-order valence-electron chi connectivity index (χ0n) is 16.3. The molecule has 0 saturated carbocycles. The number of hydrogen-bond acceptors (Lipinski definition) is 5. The van der Waals surface area contributed by atoms with Crippen molar-refractivity contribution < 1.29 is 17.9 Å². The number of benzene rings is 2. The predicted molar refractivity (Wildman–Crippen MR) is 114 cm³/mol. The Morgan fingerprint density at radius 2 is 1.82 bits per heavy atom. The lowest BCUT2D eigenvalue weighted by Crippen LogP contribution is -2.32. The Bertz CT molecular complexity index is 970. The van der Waals surface area contributed by atoms with E-state index in [1.54, 1.807) is 36.4 Å². The summed E-state index contributed by atoms with van der Waals surface area (Å²) in [5, 5.41) is 6.76. The normalized spacial score (nSPS) is 12.1. The summed E-state index contributed by atoms with van der Waals surface area (Å²) in [5.41, 5.74) is 2.85. The van der Waals surface area contributed by atoms with Crippen molar-refractivity contribution in [2.24, 2.45) is 0 Å². The van der Waals surface area contributed by atoms with Gasteiger partial charge in [0.15, 0.2) is 14.9 Å². The molecule has 0 aliphatic carbocycles. The first-order chi connectivity index (χ1) is 13.2. The van der Waals surface area contributed by atoms with Crippen LogP contribution in [0.5, 0.6) is 0 Å². The van der Waals surface area contributed by atoms with Gasteiger partial charge in [-0.15, -0.1) is 0 Å². The average Bonchev–Trinajstić information content (AvgIpc) is 2.66. The van der Waals surface area contributed by atoms with Crippen LogP contribution in [-0.4, -0.2) is 32.9 Å². The number of carbonyl (C=O) groups is 1. The Morgan fingerprint density at radius 1 is 1.18 bits per heavy atom. The van der Waals surface area contributed by atoms with E-state index in [-0.39, 0.29) is 10.9 Å². The molecule has 28 heavy (non-hydrogen) atoms. The molecule has 0 amide bonds. The summed E-state index contributed by atoms with van der Waals surface area (Å²) in [6, 6.07) is 11.9. The van der Waals surface area contributed by atoms with Gasteiger partial charge in [0.25, 0.3) is 0 Å². The van der Waals surface area contributed by atoms with E-state index in [1.165, 1.54) is 13.4 Å². The molecule has 0 fully saturated rings. The van der Waals surface area contributed by atoms with Crippen molar-refractivity contribution >= 4 is 38.8 Å². The SMILES string of the molecule is CC[C@H](NC(=S)Nc1cccc(C(=O)OC)c1C)c1ccc(S(C)(=O)=O)cc1. The summed E-state index contributed by atoms with van der Waals surface area (Å²) in [5.74, 6) is -0.405. The number of thiocarbonyl (C=S) groups is 1. The molecule has 0 bridgehead atoms. The lowest BCUT2D eigenvalue weighted by molar-refractivity contribution is 0.0600. The van der Waals surface area contributed by atoms with Crippen molar-refractivity contribution in [3.63, 3.8) is 0 Å². The van der Waals surface area contributed by atoms with Crippen LogP contribution in [0.2, 0.25) is 0 Å². The van der Waals surface area contributed by atoms with Crippen LogP contribution in [-0.2, 0) is 14.6 Å². The third kappa shape index (κ3) is 5.30. The molecule has 0 heterocycles. The third-order valence-electron chi connectivity index (χ3n) is 4.41. The molecule has 0 aromatic heterocycles. The highest BCUT2D eigenvalue weighted by atomic mass is 32.2. The van der Waals surface area contributed by atoms with Crippen LogP contribution in [0.3, 0.4) is 0 Å². The fourth-order valence-electron chi connectivity index (χ4n) is 2.79. The Morgan fingerprint density at radius 3 is 2.36 bits per heavy atom. The minimum atomic E-state index is -3.23. The van der Waals surface area contributed by atoms with Crippen LogP contribution < -0.4 is 10.6 Å². The number of anilines is 1. The Labute approximate surface area is 171 Å². The van der Waals surface area contributed by atoms with Crippen LogP contribution in [0.25, 0.3) is 0 Å². The van der Waals surface area contributed by atoms with Gasteiger partial charge in [-0.2, -0.15) is 0 Å². The summed E-state index contributed by atoms with van der Waals surface area (Å²) < 4.78 is 28.0. The maximum absolute atomic E-state index is 11.8. The Hall–Kier alpha value is -2.45. The van der Waals surface area contributed by atoms with Gasteiger partial charge in [0.05, 0.1) is 23.6 Å². The molecule has 0 radical (unpaired) electrons. The smallest absolute Gasteiger partial charge is 0.338 e. The molecule has 1 atom stereocenters. The number of esters is 1. The van der Waals surface area contributed by atoms with Gasteiger partial charge in [-0.05, 0) is 61.0 Å². The molecule has 0 spiro atoms. The standard InChI is InChI=1S/C20H24N2O4S2/c1-5-17(14-9-11-15(12-10-14)28(4,24)25)21-20(27)22-18-8-6-7-16(13(18)2)19(23)26-3/h6-12,17H,5H2,1-4H3,(H2,21,22,27)/t17-/m0/s1.